The Morgan fingerprint density at radius 1 is 1.44 bits per heavy atom. The van der Waals surface area contributed by atoms with Gasteiger partial charge in [-0.05, 0) is 31.7 Å². The summed E-state index contributed by atoms with van der Waals surface area (Å²) in [5, 5.41) is 9.54. The van der Waals surface area contributed by atoms with Crippen molar-refractivity contribution < 1.29 is 14.3 Å². The second kappa shape index (κ2) is 4.76. The lowest BCUT2D eigenvalue weighted by Gasteiger charge is -2.23. The van der Waals surface area contributed by atoms with Crippen LogP contribution in [0.4, 0.5) is 0 Å². The summed E-state index contributed by atoms with van der Waals surface area (Å²) in [6.45, 7) is 1.47. The topological polar surface area (TPSA) is 53.7 Å². The molecule has 1 aromatic rings. The smallest absolute Gasteiger partial charge is 0.226 e. The van der Waals surface area contributed by atoms with Gasteiger partial charge in [0.2, 0.25) is 5.91 Å². The fourth-order valence-corrected chi connectivity index (χ4v) is 3.07. The first kappa shape index (κ1) is 11.8. The van der Waals surface area contributed by atoms with Crippen LogP contribution >= 0.6 is 0 Å². The van der Waals surface area contributed by atoms with E-state index in [4.69, 9.17) is 4.42 Å². The van der Waals surface area contributed by atoms with Gasteiger partial charge >= 0.3 is 0 Å². The van der Waals surface area contributed by atoms with E-state index in [1.807, 2.05) is 11.0 Å². The van der Waals surface area contributed by atoms with Crippen molar-refractivity contribution >= 4 is 5.91 Å². The molecule has 0 unspecified atom stereocenters. The van der Waals surface area contributed by atoms with Crippen LogP contribution < -0.4 is 0 Å². The third kappa shape index (κ3) is 2.17. The van der Waals surface area contributed by atoms with Gasteiger partial charge in [-0.15, -0.1) is 0 Å². The largest absolute Gasteiger partial charge is 0.469 e. The minimum atomic E-state index is -0.282. The lowest BCUT2D eigenvalue weighted by atomic mass is 10.1. The van der Waals surface area contributed by atoms with Crippen molar-refractivity contribution in [3.63, 3.8) is 0 Å². The molecule has 1 aromatic heterocycles. The third-order valence-corrected chi connectivity index (χ3v) is 4.10. The number of carbonyl (C=O) groups excluding carboxylic acids is 1. The molecule has 1 saturated carbocycles. The molecule has 4 nitrogen and oxygen atoms in total. The average Bonchev–Trinajstić information content (AvgIpc) is 2.93. The van der Waals surface area contributed by atoms with Crippen molar-refractivity contribution in [1.29, 1.82) is 0 Å². The van der Waals surface area contributed by atoms with Gasteiger partial charge < -0.3 is 14.4 Å². The van der Waals surface area contributed by atoms with Crippen molar-refractivity contribution in [3.05, 3.63) is 23.7 Å². The molecule has 0 spiro atoms. The van der Waals surface area contributed by atoms with Gasteiger partial charge in [-0.25, -0.2) is 0 Å². The molecule has 0 aromatic carbocycles. The maximum Gasteiger partial charge on any atom is 0.226 e. The lowest BCUT2D eigenvalue weighted by molar-refractivity contribution is -0.136. The van der Waals surface area contributed by atoms with Gasteiger partial charge in [0.15, 0.2) is 0 Å². The normalized spacial score (nSPS) is 27.9. The van der Waals surface area contributed by atoms with Crippen LogP contribution in [0.1, 0.15) is 37.0 Å². The van der Waals surface area contributed by atoms with Crippen molar-refractivity contribution in [3.8, 4) is 0 Å². The molecule has 2 aliphatic rings. The molecule has 18 heavy (non-hydrogen) atoms. The number of aryl methyl sites for hydroxylation is 1. The molecule has 2 atom stereocenters. The first-order chi connectivity index (χ1) is 8.74. The lowest BCUT2D eigenvalue weighted by Crippen LogP contribution is -2.35. The van der Waals surface area contributed by atoms with E-state index in [0.29, 0.717) is 13.0 Å². The van der Waals surface area contributed by atoms with E-state index < -0.39 is 0 Å². The highest BCUT2D eigenvalue weighted by atomic mass is 16.3. The maximum atomic E-state index is 12.4. The molecule has 0 radical (unpaired) electrons. The monoisotopic (exact) mass is 249 g/mol. The Labute approximate surface area is 107 Å². The minimum Gasteiger partial charge on any atom is -0.469 e. The van der Waals surface area contributed by atoms with Crippen LogP contribution in [0.25, 0.3) is 0 Å². The Kier molecular flexibility index (Phi) is 3.12. The summed E-state index contributed by atoms with van der Waals surface area (Å²) < 4.78 is 5.43. The predicted molar refractivity (Wildman–Crippen MR) is 65.8 cm³/mol. The molecule has 2 heterocycles. The molecule has 1 fully saturated rings. The highest BCUT2D eigenvalue weighted by Crippen LogP contribution is 2.29. The molecule has 1 aliphatic heterocycles. The van der Waals surface area contributed by atoms with Crippen LogP contribution in [0.3, 0.4) is 0 Å². The maximum absolute atomic E-state index is 12.4. The second-order valence-electron chi connectivity index (χ2n) is 5.40. The summed E-state index contributed by atoms with van der Waals surface area (Å²) in [7, 11) is 0. The number of hydrogen-bond acceptors (Lipinski definition) is 3. The molecule has 1 N–H and O–H groups in total. The molecule has 3 rings (SSSR count). The number of furan rings is 1. The highest BCUT2D eigenvalue weighted by molar-refractivity contribution is 5.79. The summed E-state index contributed by atoms with van der Waals surface area (Å²) in [5.41, 5.74) is 1.14. The van der Waals surface area contributed by atoms with Crippen LogP contribution in [-0.4, -0.2) is 28.6 Å². The third-order valence-electron chi connectivity index (χ3n) is 4.10. The number of fused-ring (bicyclic) bond motifs is 1. The van der Waals surface area contributed by atoms with E-state index in [9.17, 15) is 9.90 Å². The molecule has 98 valence electrons. The predicted octanol–water partition coefficient (Wildman–Crippen LogP) is 1.72. The molecule has 0 bridgehead atoms. The van der Waals surface area contributed by atoms with Crippen molar-refractivity contribution in [2.75, 3.05) is 6.54 Å². The van der Waals surface area contributed by atoms with Crippen molar-refractivity contribution in [2.45, 2.75) is 44.8 Å². The Morgan fingerprint density at radius 3 is 3.11 bits per heavy atom. The zero-order valence-corrected chi connectivity index (χ0v) is 10.5. The highest BCUT2D eigenvalue weighted by Gasteiger charge is 2.32. The van der Waals surface area contributed by atoms with Crippen LogP contribution in [0, 0.1) is 5.92 Å². The minimum absolute atomic E-state index is 0.0217. The van der Waals surface area contributed by atoms with Crippen LogP contribution in [0.5, 0.6) is 0 Å². The van der Waals surface area contributed by atoms with E-state index in [1.165, 1.54) is 0 Å². The Bertz CT molecular complexity index is 440. The summed E-state index contributed by atoms with van der Waals surface area (Å²) in [6, 6.07) is 1.96. The van der Waals surface area contributed by atoms with Gasteiger partial charge in [0.1, 0.15) is 5.76 Å². The molecule has 0 saturated heterocycles. The Morgan fingerprint density at radius 2 is 2.33 bits per heavy atom. The second-order valence-corrected chi connectivity index (χ2v) is 5.40. The fourth-order valence-electron chi connectivity index (χ4n) is 3.07. The Balaban J connectivity index is 1.71. The number of aliphatic hydroxyl groups is 1. The molecular weight excluding hydrogens is 230 g/mol. The number of hydrogen-bond donors (Lipinski definition) is 1. The molecule has 4 heteroatoms. The summed E-state index contributed by atoms with van der Waals surface area (Å²) in [5.74, 6) is 1.26. The van der Waals surface area contributed by atoms with Gasteiger partial charge in [-0.2, -0.15) is 0 Å². The van der Waals surface area contributed by atoms with Gasteiger partial charge in [0.05, 0.1) is 12.4 Å². The van der Waals surface area contributed by atoms with E-state index in [0.717, 1.165) is 43.6 Å². The van der Waals surface area contributed by atoms with Crippen LogP contribution in [0.15, 0.2) is 16.7 Å². The zero-order valence-electron chi connectivity index (χ0n) is 10.5. The number of nitrogens with zero attached hydrogens (tertiary/aromatic N) is 1. The van der Waals surface area contributed by atoms with Crippen molar-refractivity contribution in [1.82, 2.24) is 4.90 Å². The van der Waals surface area contributed by atoms with E-state index >= 15 is 0 Å². The summed E-state index contributed by atoms with van der Waals surface area (Å²) in [4.78, 5) is 14.3. The first-order valence-electron chi connectivity index (χ1n) is 6.76. The standard InChI is InChI=1S/C14H19NO3/c16-12-4-3-10(8-12)14(17)15-6-1-2-13-11(9-15)5-7-18-13/h5,7,10,12,16H,1-4,6,8-9H2/t10-,12-/m1/s1. The van der Waals surface area contributed by atoms with E-state index in [1.54, 1.807) is 6.26 Å². The SMILES string of the molecule is O=C([C@@H]1CC[C@@H](O)C1)N1CCCc2occc2C1. The van der Waals surface area contributed by atoms with Gasteiger partial charge in [-0.1, -0.05) is 0 Å². The average molecular weight is 249 g/mol. The van der Waals surface area contributed by atoms with E-state index in [-0.39, 0.29) is 17.9 Å². The zero-order chi connectivity index (χ0) is 12.5. The van der Waals surface area contributed by atoms with E-state index in [2.05, 4.69) is 0 Å². The molecular formula is C14H19NO3. The number of carbonyl (C=O) groups is 1. The Hall–Kier alpha value is -1.29. The molecule has 1 aliphatic carbocycles. The van der Waals surface area contributed by atoms with Gasteiger partial charge in [0, 0.05) is 31.0 Å². The van der Waals surface area contributed by atoms with Gasteiger partial charge in [0.25, 0.3) is 0 Å². The summed E-state index contributed by atoms with van der Waals surface area (Å²) >= 11 is 0. The number of rotatable bonds is 1. The number of aliphatic hydroxyl groups excluding tert-OH is 1. The van der Waals surface area contributed by atoms with Gasteiger partial charge in [-0.3, -0.25) is 4.79 Å². The van der Waals surface area contributed by atoms with Crippen LogP contribution in [-0.2, 0) is 17.8 Å². The van der Waals surface area contributed by atoms with Crippen LogP contribution in [0.2, 0.25) is 0 Å². The van der Waals surface area contributed by atoms with Crippen molar-refractivity contribution in [2.24, 2.45) is 5.92 Å². The summed E-state index contributed by atoms with van der Waals surface area (Å²) in [6.07, 6.45) is 5.53. The quantitative estimate of drug-likeness (QED) is 0.824. The molecule has 1 amide bonds. The number of amides is 1. The first-order valence-corrected chi connectivity index (χ1v) is 6.76. The fraction of sp³-hybridized carbons (Fsp3) is 0.643.